The van der Waals surface area contributed by atoms with Gasteiger partial charge in [-0.3, -0.25) is 9.88 Å². The van der Waals surface area contributed by atoms with Gasteiger partial charge in [-0.15, -0.1) is 0 Å². The zero-order chi connectivity index (χ0) is 12.8. The smallest absolute Gasteiger partial charge is 0.0627 e. The van der Waals surface area contributed by atoms with Crippen molar-refractivity contribution < 1.29 is 4.74 Å². The molecule has 0 atom stereocenters. The van der Waals surface area contributed by atoms with Crippen LogP contribution in [0.4, 0.5) is 0 Å². The average molecular weight is 246 g/mol. The molecule has 0 N–H and O–H groups in total. The van der Waals surface area contributed by atoms with Gasteiger partial charge >= 0.3 is 0 Å². The van der Waals surface area contributed by atoms with E-state index in [-0.39, 0.29) is 0 Å². The number of pyridine rings is 1. The zero-order valence-electron chi connectivity index (χ0n) is 11.3. The van der Waals surface area contributed by atoms with Crippen LogP contribution < -0.4 is 0 Å². The minimum Gasteiger partial charge on any atom is -0.379 e. The average Bonchev–Trinajstić information content (AvgIpc) is 2.40. The number of nitrogens with zero attached hydrogens (tertiary/aromatic N) is 2. The van der Waals surface area contributed by atoms with Gasteiger partial charge in [0.15, 0.2) is 0 Å². The monoisotopic (exact) mass is 246 g/mol. The van der Waals surface area contributed by atoms with Gasteiger partial charge in [0, 0.05) is 25.8 Å². The Hall–Kier alpha value is -1.19. The van der Waals surface area contributed by atoms with Crippen molar-refractivity contribution in [3.63, 3.8) is 0 Å². The summed E-state index contributed by atoms with van der Waals surface area (Å²) >= 11 is 0. The molecule has 3 heteroatoms. The Morgan fingerprint density at radius 1 is 1.33 bits per heavy atom. The summed E-state index contributed by atoms with van der Waals surface area (Å²) in [5, 5.41) is 0. The summed E-state index contributed by atoms with van der Waals surface area (Å²) in [4.78, 5) is 6.84. The van der Waals surface area contributed by atoms with Crippen molar-refractivity contribution in [1.82, 2.24) is 9.88 Å². The third-order valence-electron chi connectivity index (χ3n) is 3.23. The Morgan fingerprint density at radius 3 is 2.72 bits per heavy atom. The summed E-state index contributed by atoms with van der Waals surface area (Å²) < 4.78 is 5.32. The molecule has 0 amide bonds. The summed E-state index contributed by atoms with van der Waals surface area (Å²) in [6, 6.07) is 4.25. The lowest BCUT2D eigenvalue weighted by Crippen LogP contribution is -2.36. The highest BCUT2D eigenvalue weighted by Crippen LogP contribution is 2.13. The van der Waals surface area contributed by atoms with Crippen molar-refractivity contribution in [3.05, 3.63) is 35.7 Å². The van der Waals surface area contributed by atoms with Crippen LogP contribution in [0.25, 0.3) is 6.08 Å². The SMILES string of the molecule is CC(C)c1ccc(/C=C/CN2CCOCC2)nc1. The molecule has 3 nitrogen and oxygen atoms in total. The molecule has 1 aromatic heterocycles. The van der Waals surface area contributed by atoms with Crippen LogP contribution in [0, 0.1) is 0 Å². The second-order valence-corrected chi connectivity index (χ2v) is 4.99. The van der Waals surface area contributed by atoms with E-state index >= 15 is 0 Å². The molecule has 0 aliphatic carbocycles. The summed E-state index contributed by atoms with van der Waals surface area (Å²) in [6.07, 6.45) is 6.25. The fourth-order valence-corrected chi connectivity index (χ4v) is 1.96. The maximum Gasteiger partial charge on any atom is 0.0627 e. The lowest BCUT2D eigenvalue weighted by molar-refractivity contribution is 0.0435. The van der Waals surface area contributed by atoms with E-state index in [0.29, 0.717) is 5.92 Å². The number of hydrogen-bond acceptors (Lipinski definition) is 3. The minimum absolute atomic E-state index is 0.545. The topological polar surface area (TPSA) is 25.4 Å². The standard InChI is InChI=1S/C15H22N2O/c1-13(2)14-5-6-15(16-12-14)4-3-7-17-8-10-18-11-9-17/h3-6,12-13H,7-11H2,1-2H3/b4-3+. The first kappa shape index (κ1) is 13.2. The Labute approximate surface area is 109 Å². The number of morpholine rings is 1. The highest BCUT2D eigenvalue weighted by molar-refractivity contribution is 5.44. The van der Waals surface area contributed by atoms with Crippen LogP contribution in [0.1, 0.15) is 31.0 Å². The Balaban J connectivity index is 1.84. The van der Waals surface area contributed by atoms with Gasteiger partial charge in [0.2, 0.25) is 0 Å². The normalized spacial score (nSPS) is 17.7. The largest absolute Gasteiger partial charge is 0.379 e. The molecule has 0 spiro atoms. The van der Waals surface area contributed by atoms with E-state index in [9.17, 15) is 0 Å². The Kier molecular flexibility index (Phi) is 4.90. The van der Waals surface area contributed by atoms with E-state index in [1.54, 1.807) is 0 Å². The molecule has 18 heavy (non-hydrogen) atoms. The molecule has 0 radical (unpaired) electrons. The van der Waals surface area contributed by atoms with Crippen molar-refractivity contribution >= 4 is 6.08 Å². The molecule has 2 rings (SSSR count). The maximum absolute atomic E-state index is 5.32. The molecule has 1 aliphatic rings. The first-order valence-corrected chi connectivity index (χ1v) is 6.68. The highest BCUT2D eigenvalue weighted by Gasteiger charge is 2.07. The predicted octanol–water partition coefficient (Wildman–Crippen LogP) is 2.55. The van der Waals surface area contributed by atoms with E-state index in [1.165, 1.54) is 5.56 Å². The molecule has 0 aromatic carbocycles. The second kappa shape index (κ2) is 6.66. The van der Waals surface area contributed by atoms with Crippen LogP contribution in [-0.2, 0) is 4.74 Å². The number of aromatic nitrogens is 1. The van der Waals surface area contributed by atoms with Crippen LogP contribution in [0.3, 0.4) is 0 Å². The molecular weight excluding hydrogens is 224 g/mol. The quantitative estimate of drug-likeness (QED) is 0.816. The molecule has 0 bridgehead atoms. The third-order valence-corrected chi connectivity index (χ3v) is 3.23. The van der Waals surface area contributed by atoms with E-state index in [4.69, 9.17) is 4.74 Å². The van der Waals surface area contributed by atoms with Gasteiger partial charge in [-0.2, -0.15) is 0 Å². The van der Waals surface area contributed by atoms with E-state index < -0.39 is 0 Å². The van der Waals surface area contributed by atoms with Crippen molar-refractivity contribution in [2.24, 2.45) is 0 Å². The fourth-order valence-electron chi connectivity index (χ4n) is 1.96. The van der Waals surface area contributed by atoms with Crippen molar-refractivity contribution in [1.29, 1.82) is 0 Å². The van der Waals surface area contributed by atoms with Crippen LogP contribution in [0.15, 0.2) is 24.4 Å². The first-order valence-electron chi connectivity index (χ1n) is 6.68. The molecule has 1 aromatic rings. The molecule has 1 fully saturated rings. The molecule has 0 unspecified atom stereocenters. The summed E-state index contributed by atoms with van der Waals surface area (Å²) in [7, 11) is 0. The fraction of sp³-hybridized carbons (Fsp3) is 0.533. The van der Waals surface area contributed by atoms with Crippen LogP contribution in [-0.4, -0.2) is 42.7 Å². The molecular formula is C15H22N2O. The lowest BCUT2D eigenvalue weighted by Gasteiger charge is -2.25. The predicted molar refractivity (Wildman–Crippen MR) is 74.6 cm³/mol. The maximum atomic E-state index is 5.32. The minimum atomic E-state index is 0.545. The van der Waals surface area contributed by atoms with Crippen molar-refractivity contribution in [3.8, 4) is 0 Å². The van der Waals surface area contributed by atoms with E-state index in [2.05, 4.69) is 48.0 Å². The van der Waals surface area contributed by atoms with Gasteiger partial charge < -0.3 is 4.74 Å². The number of hydrogen-bond donors (Lipinski definition) is 0. The summed E-state index contributed by atoms with van der Waals surface area (Å²) in [5.74, 6) is 0.545. The highest BCUT2D eigenvalue weighted by atomic mass is 16.5. The molecule has 1 saturated heterocycles. The van der Waals surface area contributed by atoms with Gasteiger partial charge in [-0.25, -0.2) is 0 Å². The number of rotatable bonds is 4. The number of ether oxygens (including phenoxy) is 1. The molecule has 1 aliphatic heterocycles. The van der Waals surface area contributed by atoms with Gasteiger partial charge in [0.05, 0.1) is 18.9 Å². The van der Waals surface area contributed by atoms with Crippen LogP contribution in [0.5, 0.6) is 0 Å². The Morgan fingerprint density at radius 2 is 2.11 bits per heavy atom. The van der Waals surface area contributed by atoms with Crippen molar-refractivity contribution in [2.75, 3.05) is 32.8 Å². The third kappa shape index (κ3) is 3.93. The summed E-state index contributed by atoms with van der Waals surface area (Å²) in [6.45, 7) is 9.13. The lowest BCUT2D eigenvalue weighted by atomic mass is 10.1. The molecule has 98 valence electrons. The van der Waals surface area contributed by atoms with Gasteiger partial charge in [-0.1, -0.05) is 26.0 Å². The zero-order valence-corrected chi connectivity index (χ0v) is 11.3. The van der Waals surface area contributed by atoms with E-state index in [1.807, 2.05) is 6.20 Å². The van der Waals surface area contributed by atoms with Gasteiger partial charge in [0.1, 0.15) is 0 Å². The Bertz CT molecular complexity index is 378. The molecule has 0 saturated carbocycles. The van der Waals surface area contributed by atoms with E-state index in [0.717, 1.165) is 38.5 Å². The van der Waals surface area contributed by atoms with Gasteiger partial charge in [0.25, 0.3) is 0 Å². The second-order valence-electron chi connectivity index (χ2n) is 4.99. The van der Waals surface area contributed by atoms with Crippen LogP contribution in [0.2, 0.25) is 0 Å². The van der Waals surface area contributed by atoms with Crippen LogP contribution >= 0.6 is 0 Å². The van der Waals surface area contributed by atoms with Gasteiger partial charge in [-0.05, 0) is 23.6 Å². The summed E-state index contributed by atoms with van der Waals surface area (Å²) in [5.41, 5.74) is 2.33. The van der Waals surface area contributed by atoms with Crippen molar-refractivity contribution in [2.45, 2.75) is 19.8 Å². The first-order chi connectivity index (χ1) is 8.75. The molecule has 2 heterocycles.